The Bertz CT molecular complexity index is 833. The molecular formula is C21H24N2O5. The summed E-state index contributed by atoms with van der Waals surface area (Å²) in [5, 5.41) is 14.2. The highest BCUT2D eigenvalue weighted by atomic mass is 16.5. The molecule has 0 aliphatic rings. The molecule has 3 N–H and O–H groups in total. The predicted molar refractivity (Wildman–Crippen MR) is 106 cm³/mol. The minimum Gasteiger partial charge on any atom is -0.493 e. The molecule has 2 amide bonds. The van der Waals surface area contributed by atoms with Gasteiger partial charge in [-0.3, -0.25) is 14.4 Å². The number of aliphatic carboxylic acids is 1. The lowest BCUT2D eigenvalue weighted by Gasteiger charge is -2.11. The molecule has 1 atom stereocenters. The number of hydrogen-bond donors (Lipinski definition) is 3. The van der Waals surface area contributed by atoms with Crippen molar-refractivity contribution in [1.82, 2.24) is 5.32 Å². The highest BCUT2D eigenvalue weighted by molar-refractivity contribution is 6.00. The van der Waals surface area contributed by atoms with Crippen molar-refractivity contribution in [2.75, 3.05) is 18.5 Å². The molecule has 0 saturated carbocycles. The summed E-state index contributed by atoms with van der Waals surface area (Å²) in [5.74, 6) is -1.62. The lowest BCUT2D eigenvalue weighted by Crippen LogP contribution is -2.33. The fraction of sp³-hybridized carbons (Fsp3) is 0.286. The fourth-order valence-electron chi connectivity index (χ4n) is 2.56. The first-order chi connectivity index (χ1) is 13.4. The van der Waals surface area contributed by atoms with E-state index in [1.165, 1.54) is 0 Å². The molecule has 0 radical (unpaired) electrons. The van der Waals surface area contributed by atoms with Crippen LogP contribution in [0.3, 0.4) is 0 Å². The number of anilines is 1. The number of hydrogen-bond acceptors (Lipinski definition) is 4. The lowest BCUT2D eigenvalue weighted by molar-refractivity contribution is -0.141. The van der Waals surface area contributed by atoms with Crippen LogP contribution in [0.2, 0.25) is 0 Å². The van der Waals surface area contributed by atoms with Gasteiger partial charge in [-0.15, -0.1) is 0 Å². The Morgan fingerprint density at radius 3 is 2.39 bits per heavy atom. The van der Waals surface area contributed by atoms with E-state index in [4.69, 9.17) is 9.84 Å². The molecule has 28 heavy (non-hydrogen) atoms. The van der Waals surface area contributed by atoms with Gasteiger partial charge in [0.25, 0.3) is 5.91 Å². The second-order valence-electron chi connectivity index (χ2n) is 6.30. The first-order valence-electron chi connectivity index (χ1n) is 9.02. The Labute approximate surface area is 163 Å². The highest BCUT2D eigenvalue weighted by Crippen LogP contribution is 2.17. The zero-order chi connectivity index (χ0) is 20.5. The molecule has 0 bridgehead atoms. The van der Waals surface area contributed by atoms with Crippen molar-refractivity contribution in [1.29, 1.82) is 0 Å². The predicted octanol–water partition coefficient (Wildman–Crippen LogP) is 2.72. The van der Waals surface area contributed by atoms with Crippen molar-refractivity contribution in [2.45, 2.75) is 20.3 Å². The smallest absolute Gasteiger partial charge is 0.306 e. The molecule has 0 aliphatic heterocycles. The van der Waals surface area contributed by atoms with E-state index < -0.39 is 17.8 Å². The molecule has 0 heterocycles. The van der Waals surface area contributed by atoms with Crippen LogP contribution in [-0.2, 0) is 16.0 Å². The Kier molecular flexibility index (Phi) is 7.56. The molecule has 2 rings (SSSR count). The van der Waals surface area contributed by atoms with Crippen LogP contribution >= 0.6 is 0 Å². The Balaban J connectivity index is 1.87. The number of carboxylic acids is 1. The van der Waals surface area contributed by atoms with Gasteiger partial charge in [-0.05, 0) is 43.2 Å². The van der Waals surface area contributed by atoms with Gasteiger partial charge in [0.2, 0.25) is 5.91 Å². The van der Waals surface area contributed by atoms with Crippen LogP contribution in [0.4, 0.5) is 5.69 Å². The molecule has 0 aliphatic carbocycles. The van der Waals surface area contributed by atoms with Crippen molar-refractivity contribution in [3.05, 3.63) is 59.7 Å². The number of rotatable bonds is 9. The van der Waals surface area contributed by atoms with Crippen molar-refractivity contribution >= 4 is 23.5 Å². The van der Waals surface area contributed by atoms with Gasteiger partial charge in [0, 0.05) is 5.69 Å². The van der Waals surface area contributed by atoms with E-state index in [2.05, 4.69) is 10.6 Å². The molecule has 0 aromatic heterocycles. The van der Waals surface area contributed by atoms with Gasteiger partial charge in [0.15, 0.2) is 0 Å². The second kappa shape index (κ2) is 10.1. The first-order valence-corrected chi connectivity index (χ1v) is 9.02. The fourth-order valence-corrected chi connectivity index (χ4v) is 2.56. The summed E-state index contributed by atoms with van der Waals surface area (Å²) in [6.07, 6.45) is 0.416. The van der Waals surface area contributed by atoms with E-state index in [1.54, 1.807) is 55.5 Å². The summed E-state index contributed by atoms with van der Waals surface area (Å²) in [7, 11) is 0. The summed E-state index contributed by atoms with van der Waals surface area (Å²) in [5.41, 5.74) is 1.81. The quantitative estimate of drug-likeness (QED) is 0.617. The maximum absolute atomic E-state index is 12.3. The monoisotopic (exact) mass is 384 g/mol. The van der Waals surface area contributed by atoms with E-state index >= 15 is 0 Å². The zero-order valence-corrected chi connectivity index (χ0v) is 15.9. The van der Waals surface area contributed by atoms with E-state index in [9.17, 15) is 14.4 Å². The van der Waals surface area contributed by atoms with Gasteiger partial charge >= 0.3 is 5.97 Å². The number of carboxylic acid groups (broad SMARTS) is 1. The summed E-state index contributed by atoms with van der Waals surface area (Å²) >= 11 is 0. The van der Waals surface area contributed by atoms with Crippen molar-refractivity contribution < 1.29 is 24.2 Å². The molecule has 7 nitrogen and oxygen atoms in total. The van der Waals surface area contributed by atoms with Crippen molar-refractivity contribution in [2.24, 2.45) is 5.92 Å². The third kappa shape index (κ3) is 6.12. The minimum atomic E-state index is -0.848. The minimum absolute atomic E-state index is 0.183. The van der Waals surface area contributed by atoms with Crippen LogP contribution in [-0.4, -0.2) is 36.0 Å². The van der Waals surface area contributed by atoms with Gasteiger partial charge in [-0.2, -0.15) is 0 Å². The maximum atomic E-state index is 12.3. The standard InChI is InChI=1S/C21H24N2O5/c1-3-28-18-7-5-4-6-17(18)20(25)22-13-19(24)23-16-10-8-15(9-11-16)12-14(2)21(26)27/h4-11,14H,3,12-13H2,1-2H3,(H,22,25)(H,23,24)(H,26,27). The third-order valence-electron chi connectivity index (χ3n) is 4.04. The van der Waals surface area contributed by atoms with Gasteiger partial charge in [0.05, 0.1) is 24.6 Å². The number of benzene rings is 2. The second-order valence-corrected chi connectivity index (χ2v) is 6.30. The molecule has 0 fully saturated rings. The van der Waals surface area contributed by atoms with Crippen LogP contribution in [0.5, 0.6) is 5.75 Å². The molecule has 0 saturated heterocycles. The number of para-hydroxylation sites is 1. The summed E-state index contributed by atoms with van der Waals surface area (Å²) in [4.78, 5) is 35.3. The highest BCUT2D eigenvalue weighted by Gasteiger charge is 2.14. The zero-order valence-electron chi connectivity index (χ0n) is 15.9. The van der Waals surface area contributed by atoms with Crippen molar-refractivity contribution in [3.63, 3.8) is 0 Å². The Morgan fingerprint density at radius 2 is 1.75 bits per heavy atom. The number of nitrogens with one attached hydrogen (secondary N) is 2. The molecular weight excluding hydrogens is 360 g/mol. The van der Waals surface area contributed by atoms with Gasteiger partial charge in [-0.25, -0.2) is 0 Å². The number of amides is 2. The van der Waals surface area contributed by atoms with Crippen LogP contribution in [0, 0.1) is 5.92 Å². The van der Waals surface area contributed by atoms with E-state index in [0.29, 0.717) is 30.0 Å². The third-order valence-corrected chi connectivity index (χ3v) is 4.04. The average Bonchev–Trinajstić information content (AvgIpc) is 2.68. The lowest BCUT2D eigenvalue weighted by atomic mass is 10.0. The molecule has 7 heteroatoms. The van der Waals surface area contributed by atoms with Crippen LogP contribution in [0.25, 0.3) is 0 Å². The van der Waals surface area contributed by atoms with Crippen LogP contribution in [0.1, 0.15) is 29.8 Å². The van der Waals surface area contributed by atoms with Gasteiger partial charge in [0.1, 0.15) is 5.75 Å². The summed E-state index contributed by atoms with van der Waals surface area (Å²) in [6.45, 7) is 3.73. The molecule has 2 aromatic rings. The van der Waals surface area contributed by atoms with Crippen LogP contribution < -0.4 is 15.4 Å². The number of ether oxygens (including phenoxy) is 1. The van der Waals surface area contributed by atoms with Gasteiger partial charge < -0.3 is 20.5 Å². The molecule has 2 aromatic carbocycles. The topological polar surface area (TPSA) is 105 Å². The summed E-state index contributed by atoms with van der Waals surface area (Å²) in [6, 6.07) is 13.8. The molecule has 1 unspecified atom stereocenters. The SMILES string of the molecule is CCOc1ccccc1C(=O)NCC(=O)Nc1ccc(CC(C)C(=O)O)cc1. The largest absolute Gasteiger partial charge is 0.493 e. The maximum Gasteiger partial charge on any atom is 0.306 e. The normalized spacial score (nSPS) is 11.4. The number of carbonyl (C=O) groups excluding carboxylic acids is 2. The van der Waals surface area contributed by atoms with E-state index in [-0.39, 0.29) is 12.5 Å². The Hall–Kier alpha value is -3.35. The molecule has 0 spiro atoms. The average molecular weight is 384 g/mol. The van der Waals surface area contributed by atoms with Crippen LogP contribution in [0.15, 0.2) is 48.5 Å². The Morgan fingerprint density at radius 1 is 1.07 bits per heavy atom. The van der Waals surface area contributed by atoms with E-state index in [0.717, 1.165) is 5.56 Å². The van der Waals surface area contributed by atoms with Crippen molar-refractivity contribution in [3.8, 4) is 5.75 Å². The van der Waals surface area contributed by atoms with E-state index in [1.807, 2.05) is 6.92 Å². The first kappa shape index (κ1) is 21.0. The molecule has 148 valence electrons. The number of carbonyl (C=O) groups is 3. The summed E-state index contributed by atoms with van der Waals surface area (Å²) < 4.78 is 5.42. The van der Waals surface area contributed by atoms with Gasteiger partial charge in [-0.1, -0.05) is 31.2 Å².